The van der Waals surface area contributed by atoms with Gasteiger partial charge in [-0.1, -0.05) is 42.5 Å². The zero-order chi connectivity index (χ0) is 13.0. The maximum atomic E-state index is 12.9. The fraction of sp³-hybridized carbons (Fsp3) is 0.188. The molecule has 0 saturated heterocycles. The standard InChI is InChI=1S/C16H15FO/c1-16(12-18,11-13-5-3-2-4-6-13)14-7-9-15(17)10-8-14/h2-10,12H,11H2,1H3. The maximum absolute atomic E-state index is 12.9. The molecule has 0 fully saturated rings. The zero-order valence-electron chi connectivity index (χ0n) is 10.3. The van der Waals surface area contributed by atoms with Gasteiger partial charge >= 0.3 is 0 Å². The molecule has 0 spiro atoms. The highest BCUT2D eigenvalue weighted by Crippen LogP contribution is 2.26. The number of carbonyl (C=O) groups is 1. The van der Waals surface area contributed by atoms with Crippen molar-refractivity contribution in [3.8, 4) is 0 Å². The molecule has 0 radical (unpaired) electrons. The Morgan fingerprint density at radius 2 is 1.67 bits per heavy atom. The average Bonchev–Trinajstić information content (AvgIpc) is 2.40. The Hall–Kier alpha value is -1.96. The predicted octanol–water partition coefficient (Wildman–Crippen LogP) is 3.53. The van der Waals surface area contributed by atoms with Crippen LogP contribution in [-0.2, 0) is 16.6 Å². The van der Waals surface area contributed by atoms with Crippen molar-refractivity contribution in [3.05, 3.63) is 71.5 Å². The van der Waals surface area contributed by atoms with Crippen molar-refractivity contribution in [2.75, 3.05) is 0 Å². The second-order valence-corrected chi connectivity index (χ2v) is 4.70. The van der Waals surface area contributed by atoms with E-state index in [0.29, 0.717) is 6.42 Å². The van der Waals surface area contributed by atoms with Crippen LogP contribution >= 0.6 is 0 Å². The minimum Gasteiger partial charge on any atom is -0.302 e. The minimum absolute atomic E-state index is 0.285. The molecule has 1 unspecified atom stereocenters. The largest absolute Gasteiger partial charge is 0.302 e. The first kappa shape index (κ1) is 12.5. The molecule has 1 atom stereocenters. The molecule has 18 heavy (non-hydrogen) atoms. The molecule has 1 nitrogen and oxygen atoms in total. The Morgan fingerprint density at radius 3 is 2.22 bits per heavy atom. The van der Waals surface area contributed by atoms with Crippen LogP contribution in [0.25, 0.3) is 0 Å². The molecule has 0 N–H and O–H groups in total. The van der Waals surface area contributed by atoms with E-state index in [4.69, 9.17) is 0 Å². The molecule has 2 rings (SSSR count). The summed E-state index contributed by atoms with van der Waals surface area (Å²) in [5.41, 5.74) is 1.31. The van der Waals surface area contributed by atoms with Gasteiger partial charge in [0.15, 0.2) is 0 Å². The first-order valence-corrected chi connectivity index (χ1v) is 5.90. The van der Waals surface area contributed by atoms with Crippen molar-refractivity contribution in [1.29, 1.82) is 0 Å². The topological polar surface area (TPSA) is 17.1 Å². The zero-order valence-corrected chi connectivity index (χ0v) is 10.3. The van der Waals surface area contributed by atoms with Crippen LogP contribution in [0.1, 0.15) is 18.1 Å². The van der Waals surface area contributed by atoms with Gasteiger partial charge < -0.3 is 4.79 Å². The molecular weight excluding hydrogens is 227 g/mol. The van der Waals surface area contributed by atoms with E-state index in [2.05, 4.69) is 0 Å². The van der Waals surface area contributed by atoms with E-state index in [1.165, 1.54) is 12.1 Å². The highest BCUT2D eigenvalue weighted by atomic mass is 19.1. The number of carbonyl (C=O) groups excluding carboxylic acids is 1. The van der Waals surface area contributed by atoms with Crippen molar-refractivity contribution in [2.45, 2.75) is 18.8 Å². The molecule has 2 aromatic carbocycles. The molecule has 0 aliphatic rings. The minimum atomic E-state index is -0.616. The van der Waals surface area contributed by atoms with Crippen molar-refractivity contribution in [3.63, 3.8) is 0 Å². The number of rotatable bonds is 4. The molecule has 92 valence electrons. The van der Waals surface area contributed by atoms with E-state index in [0.717, 1.165) is 17.4 Å². The lowest BCUT2D eigenvalue weighted by Gasteiger charge is -2.23. The monoisotopic (exact) mass is 242 g/mol. The summed E-state index contributed by atoms with van der Waals surface area (Å²) < 4.78 is 12.9. The number of aldehydes is 1. The van der Waals surface area contributed by atoms with E-state index in [1.54, 1.807) is 12.1 Å². The molecule has 2 aromatic rings. The van der Waals surface area contributed by atoms with Gasteiger partial charge in [-0.15, -0.1) is 0 Å². The Morgan fingerprint density at radius 1 is 1.06 bits per heavy atom. The lowest BCUT2D eigenvalue weighted by Crippen LogP contribution is -2.26. The van der Waals surface area contributed by atoms with Crippen molar-refractivity contribution in [1.82, 2.24) is 0 Å². The summed E-state index contributed by atoms with van der Waals surface area (Å²) in [6.07, 6.45) is 1.55. The van der Waals surface area contributed by atoms with E-state index in [-0.39, 0.29) is 5.82 Å². The van der Waals surface area contributed by atoms with Crippen LogP contribution in [0.2, 0.25) is 0 Å². The van der Waals surface area contributed by atoms with Gasteiger partial charge in [-0.25, -0.2) is 4.39 Å². The van der Waals surface area contributed by atoms with Gasteiger partial charge in [0.25, 0.3) is 0 Å². The van der Waals surface area contributed by atoms with E-state index in [9.17, 15) is 9.18 Å². The number of halogens is 1. The summed E-state index contributed by atoms with van der Waals surface area (Å²) in [4.78, 5) is 11.4. The van der Waals surface area contributed by atoms with Gasteiger partial charge in [-0.2, -0.15) is 0 Å². The summed E-state index contributed by atoms with van der Waals surface area (Å²) in [5.74, 6) is -0.285. The molecule has 0 saturated carbocycles. The number of hydrogen-bond acceptors (Lipinski definition) is 1. The Balaban J connectivity index is 2.30. The third-order valence-electron chi connectivity index (χ3n) is 3.18. The normalized spacial score (nSPS) is 13.9. The van der Waals surface area contributed by atoms with Crippen LogP contribution in [0.15, 0.2) is 54.6 Å². The van der Waals surface area contributed by atoms with Crippen LogP contribution in [0.3, 0.4) is 0 Å². The summed E-state index contributed by atoms with van der Waals surface area (Å²) in [6.45, 7) is 1.88. The maximum Gasteiger partial charge on any atom is 0.130 e. The number of benzene rings is 2. The van der Waals surface area contributed by atoms with Crippen molar-refractivity contribution < 1.29 is 9.18 Å². The van der Waals surface area contributed by atoms with Crippen LogP contribution in [0.5, 0.6) is 0 Å². The fourth-order valence-corrected chi connectivity index (χ4v) is 2.06. The predicted molar refractivity (Wildman–Crippen MR) is 70.0 cm³/mol. The molecule has 2 heteroatoms. The fourth-order valence-electron chi connectivity index (χ4n) is 2.06. The third kappa shape index (κ3) is 2.65. The summed E-state index contributed by atoms with van der Waals surface area (Å²) in [5, 5.41) is 0. The van der Waals surface area contributed by atoms with Gasteiger partial charge in [0.1, 0.15) is 12.1 Å². The molecular formula is C16H15FO. The molecule has 0 amide bonds. The highest BCUT2D eigenvalue weighted by Gasteiger charge is 2.26. The highest BCUT2D eigenvalue weighted by molar-refractivity contribution is 5.68. The van der Waals surface area contributed by atoms with E-state index in [1.807, 2.05) is 37.3 Å². The Bertz CT molecular complexity index is 519. The SMILES string of the molecule is CC(C=O)(Cc1ccccc1)c1ccc(F)cc1. The summed E-state index contributed by atoms with van der Waals surface area (Å²) in [7, 11) is 0. The van der Waals surface area contributed by atoms with Crippen LogP contribution in [0, 0.1) is 5.82 Å². The molecule has 0 aliphatic heterocycles. The van der Waals surface area contributed by atoms with Gasteiger partial charge in [0.2, 0.25) is 0 Å². The Kier molecular flexibility index (Phi) is 3.56. The smallest absolute Gasteiger partial charge is 0.130 e. The van der Waals surface area contributed by atoms with Crippen molar-refractivity contribution >= 4 is 6.29 Å². The van der Waals surface area contributed by atoms with E-state index < -0.39 is 5.41 Å². The summed E-state index contributed by atoms with van der Waals surface area (Å²) >= 11 is 0. The second-order valence-electron chi connectivity index (χ2n) is 4.70. The molecule has 0 heterocycles. The van der Waals surface area contributed by atoms with Gasteiger partial charge in [-0.3, -0.25) is 0 Å². The molecule has 0 bridgehead atoms. The van der Waals surface area contributed by atoms with E-state index >= 15 is 0 Å². The first-order chi connectivity index (χ1) is 8.64. The van der Waals surface area contributed by atoms with Crippen LogP contribution < -0.4 is 0 Å². The summed E-state index contributed by atoms with van der Waals surface area (Å²) in [6, 6.07) is 16.0. The molecule has 0 aliphatic carbocycles. The quantitative estimate of drug-likeness (QED) is 0.750. The third-order valence-corrected chi connectivity index (χ3v) is 3.18. The lowest BCUT2D eigenvalue weighted by molar-refractivity contribution is -0.112. The van der Waals surface area contributed by atoms with Crippen LogP contribution in [-0.4, -0.2) is 6.29 Å². The van der Waals surface area contributed by atoms with Gasteiger partial charge in [0, 0.05) is 0 Å². The van der Waals surface area contributed by atoms with Crippen molar-refractivity contribution in [2.24, 2.45) is 0 Å². The average molecular weight is 242 g/mol. The second kappa shape index (κ2) is 5.13. The first-order valence-electron chi connectivity index (χ1n) is 5.90. The van der Waals surface area contributed by atoms with Crippen LogP contribution in [0.4, 0.5) is 4.39 Å². The Labute approximate surface area is 106 Å². The number of hydrogen-bond donors (Lipinski definition) is 0. The van der Waals surface area contributed by atoms with Gasteiger partial charge in [-0.05, 0) is 36.6 Å². The lowest BCUT2D eigenvalue weighted by atomic mass is 9.79. The van der Waals surface area contributed by atoms with Gasteiger partial charge in [0.05, 0.1) is 5.41 Å². The molecule has 0 aromatic heterocycles.